The van der Waals surface area contributed by atoms with Crippen molar-refractivity contribution in [1.29, 1.82) is 0 Å². The second kappa shape index (κ2) is 6.76. The third-order valence-corrected chi connectivity index (χ3v) is 5.26. The first kappa shape index (κ1) is 16.3. The van der Waals surface area contributed by atoms with E-state index >= 15 is 0 Å². The highest BCUT2D eigenvalue weighted by atomic mass is 15.2. The molecule has 0 saturated carbocycles. The average molecular weight is 281 g/mol. The lowest BCUT2D eigenvalue weighted by Crippen LogP contribution is -2.61. The molecule has 0 radical (unpaired) electrons. The van der Waals surface area contributed by atoms with Crippen molar-refractivity contribution in [3.05, 3.63) is 0 Å². The van der Waals surface area contributed by atoms with Gasteiger partial charge >= 0.3 is 0 Å². The van der Waals surface area contributed by atoms with Crippen LogP contribution in [0.25, 0.3) is 0 Å². The van der Waals surface area contributed by atoms with Gasteiger partial charge in [-0.1, -0.05) is 27.7 Å². The fraction of sp³-hybridized carbons (Fsp3) is 1.00. The van der Waals surface area contributed by atoms with Gasteiger partial charge in [-0.15, -0.1) is 0 Å². The van der Waals surface area contributed by atoms with E-state index in [1.54, 1.807) is 0 Å². The van der Waals surface area contributed by atoms with E-state index in [0.717, 1.165) is 12.0 Å². The minimum absolute atomic E-state index is 0.361. The molecular weight excluding hydrogens is 246 g/mol. The molecule has 3 heteroatoms. The van der Waals surface area contributed by atoms with Crippen molar-refractivity contribution in [3.63, 3.8) is 0 Å². The summed E-state index contributed by atoms with van der Waals surface area (Å²) >= 11 is 0. The second-order valence-electron chi connectivity index (χ2n) is 8.11. The molecule has 0 aromatic carbocycles. The number of piperidine rings is 1. The van der Waals surface area contributed by atoms with Crippen LogP contribution in [0.1, 0.15) is 47.0 Å². The molecule has 0 amide bonds. The highest BCUT2D eigenvalue weighted by molar-refractivity contribution is 4.92. The van der Waals surface area contributed by atoms with E-state index in [0.29, 0.717) is 11.5 Å². The lowest BCUT2D eigenvalue weighted by Gasteiger charge is -2.46. The van der Waals surface area contributed by atoms with E-state index in [-0.39, 0.29) is 0 Å². The predicted molar refractivity (Wildman–Crippen MR) is 87.1 cm³/mol. The summed E-state index contributed by atoms with van der Waals surface area (Å²) in [4.78, 5) is 5.30. The lowest BCUT2D eigenvalue weighted by atomic mass is 9.84. The van der Waals surface area contributed by atoms with E-state index < -0.39 is 0 Å². The smallest absolute Gasteiger partial charge is 0.0244 e. The van der Waals surface area contributed by atoms with Gasteiger partial charge in [-0.2, -0.15) is 0 Å². The van der Waals surface area contributed by atoms with Crippen LogP contribution in [0, 0.1) is 11.3 Å². The highest BCUT2D eigenvalue weighted by Gasteiger charge is 2.34. The largest absolute Gasteiger partial charge is 0.311 e. The van der Waals surface area contributed by atoms with E-state index in [1.807, 2.05) is 0 Å². The molecule has 3 unspecified atom stereocenters. The van der Waals surface area contributed by atoms with E-state index in [9.17, 15) is 0 Å². The quantitative estimate of drug-likeness (QED) is 0.857. The molecular formula is C17H35N3. The Hall–Kier alpha value is -0.120. The van der Waals surface area contributed by atoms with E-state index in [1.165, 1.54) is 52.0 Å². The third-order valence-electron chi connectivity index (χ3n) is 5.26. The number of rotatable bonds is 3. The summed E-state index contributed by atoms with van der Waals surface area (Å²) in [6, 6.07) is 1.37. The van der Waals surface area contributed by atoms with Crippen molar-refractivity contribution in [2.45, 2.75) is 59.0 Å². The Balaban J connectivity index is 1.94. The van der Waals surface area contributed by atoms with Crippen LogP contribution in [0.5, 0.6) is 0 Å². The molecule has 2 aliphatic heterocycles. The standard InChI is InChI=1S/C17H35N3/c1-6-15-10-18-16(17(2,3)4)13-20(15)12-14-8-7-9-19(5)11-14/h14-16,18H,6-13H2,1-5H3. The Morgan fingerprint density at radius 2 is 1.95 bits per heavy atom. The van der Waals surface area contributed by atoms with Crippen molar-refractivity contribution in [2.24, 2.45) is 11.3 Å². The van der Waals surface area contributed by atoms with Crippen molar-refractivity contribution in [1.82, 2.24) is 15.1 Å². The second-order valence-corrected chi connectivity index (χ2v) is 8.11. The number of nitrogens with zero attached hydrogens (tertiary/aromatic N) is 2. The first-order chi connectivity index (χ1) is 9.40. The van der Waals surface area contributed by atoms with Gasteiger partial charge in [-0.3, -0.25) is 4.90 Å². The van der Waals surface area contributed by atoms with Crippen LogP contribution in [0.3, 0.4) is 0 Å². The van der Waals surface area contributed by atoms with Crippen LogP contribution in [-0.4, -0.2) is 61.7 Å². The Labute approximate surface area is 126 Å². The van der Waals surface area contributed by atoms with E-state index in [2.05, 4.69) is 49.9 Å². The van der Waals surface area contributed by atoms with Crippen LogP contribution < -0.4 is 5.32 Å². The van der Waals surface area contributed by atoms with Gasteiger partial charge in [0.1, 0.15) is 0 Å². The van der Waals surface area contributed by atoms with Crippen molar-refractivity contribution in [3.8, 4) is 0 Å². The topological polar surface area (TPSA) is 18.5 Å². The molecule has 0 aromatic heterocycles. The fourth-order valence-corrected chi connectivity index (χ4v) is 3.82. The summed E-state index contributed by atoms with van der Waals surface area (Å²) in [5.74, 6) is 0.876. The van der Waals surface area contributed by atoms with Crippen molar-refractivity contribution >= 4 is 0 Å². The minimum Gasteiger partial charge on any atom is -0.311 e. The van der Waals surface area contributed by atoms with Gasteiger partial charge in [-0.25, -0.2) is 0 Å². The number of hydrogen-bond acceptors (Lipinski definition) is 3. The normalized spacial score (nSPS) is 34.4. The van der Waals surface area contributed by atoms with Crippen LogP contribution >= 0.6 is 0 Å². The molecule has 2 saturated heterocycles. The molecule has 2 aliphatic rings. The molecule has 3 atom stereocenters. The van der Waals surface area contributed by atoms with Gasteiger partial charge in [0.05, 0.1) is 0 Å². The predicted octanol–water partition coefficient (Wildman–Crippen LogP) is 2.43. The van der Waals surface area contributed by atoms with Gasteiger partial charge < -0.3 is 10.2 Å². The molecule has 0 spiro atoms. The Morgan fingerprint density at radius 1 is 1.20 bits per heavy atom. The molecule has 0 aromatic rings. The maximum Gasteiger partial charge on any atom is 0.0244 e. The van der Waals surface area contributed by atoms with Crippen molar-refractivity contribution < 1.29 is 0 Å². The van der Waals surface area contributed by atoms with Crippen molar-refractivity contribution in [2.75, 3.05) is 39.8 Å². The zero-order chi connectivity index (χ0) is 14.8. The van der Waals surface area contributed by atoms with Gasteiger partial charge in [0.15, 0.2) is 0 Å². The van der Waals surface area contributed by atoms with Gasteiger partial charge in [0.2, 0.25) is 0 Å². The van der Waals surface area contributed by atoms with Crippen LogP contribution in [0.15, 0.2) is 0 Å². The first-order valence-electron chi connectivity index (χ1n) is 8.56. The summed E-state index contributed by atoms with van der Waals surface area (Å²) in [6.07, 6.45) is 4.07. The molecule has 0 aliphatic carbocycles. The van der Waals surface area contributed by atoms with E-state index in [4.69, 9.17) is 0 Å². The summed E-state index contributed by atoms with van der Waals surface area (Å²) in [5, 5.41) is 3.78. The molecule has 3 nitrogen and oxygen atoms in total. The lowest BCUT2D eigenvalue weighted by molar-refractivity contribution is 0.0560. The summed E-state index contributed by atoms with van der Waals surface area (Å²) in [6.45, 7) is 15.7. The Kier molecular flexibility index (Phi) is 5.49. The number of piperazine rings is 1. The fourth-order valence-electron chi connectivity index (χ4n) is 3.82. The van der Waals surface area contributed by atoms with Crippen LogP contribution in [-0.2, 0) is 0 Å². The number of nitrogens with one attached hydrogen (secondary N) is 1. The minimum atomic E-state index is 0.361. The molecule has 0 bridgehead atoms. The molecule has 20 heavy (non-hydrogen) atoms. The van der Waals surface area contributed by atoms with Crippen LogP contribution in [0.2, 0.25) is 0 Å². The number of likely N-dealkylation sites (tertiary alicyclic amines) is 1. The SMILES string of the molecule is CCC1CNC(C(C)(C)C)CN1CC1CCCN(C)C1. The summed E-state index contributed by atoms with van der Waals surface area (Å²) in [7, 11) is 2.28. The van der Waals surface area contributed by atoms with Gasteiger partial charge in [0.25, 0.3) is 0 Å². The zero-order valence-corrected chi connectivity index (χ0v) is 14.3. The zero-order valence-electron chi connectivity index (χ0n) is 14.3. The molecule has 1 N–H and O–H groups in total. The maximum absolute atomic E-state index is 3.78. The molecule has 2 heterocycles. The average Bonchev–Trinajstić information content (AvgIpc) is 2.37. The molecule has 118 valence electrons. The van der Waals surface area contributed by atoms with Gasteiger partial charge in [0, 0.05) is 38.3 Å². The summed E-state index contributed by atoms with van der Waals surface area (Å²) < 4.78 is 0. The summed E-state index contributed by atoms with van der Waals surface area (Å²) in [5.41, 5.74) is 0.361. The Bertz CT molecular complexity index is 297. The van der Waals surface area contributed by atoms with Crippen LogP contribution in [0.4, 0.5) is 0 Å². The maximum atomic E-state index is 3.78. The number of hydrogen-bond donors (Lipinski definition) is 1. The first-order valence-corrected chi connectivity index (χ1v) is 8.56. The monoisotopic (exact) mass is 281 g/mol. The van der Waals surface area contributed by atoms with Gasteiger partial charge in [-0.05, 0) is 44.2 Å². The highest BCUT2D eigenvalue weighted by Crippen LogP contribution is 2.26. The third kappa shape index (κ3) is 4.19. The molecule has 2 fully saturated rings. The Morgan fingerprint density at radius 3 is 2.55 bits per heavy atom. The molecule has 2 rings (SSSR count).